The van der Waals surface area contributed by atoms with Gasteiger partial charge in [0, 0.05) is 58.1 Å². The van der Waals surface area contributed by atoms with E-state index in [4.69, 9.17) is 11.2 Å². The fourth-order valence-corrected chi connectivity index (χ4v) is 3.73. The predicted molar refractivity (Wildman–Crippen MR) is 118 cm³/mol. The zero-order chi connectivity index (χ0) is 21.6. The number of hydrogen-bond donors (Lipinski definition) is 1. The molecule has 156 valence electrons. The predicted octanol–water partition coefficient (Wildman–Crippen LogP) is 2.58. The number of ether oxygens (including phenoxy) is 1. The van der Waals surface area contributed by atoms with Gasteiger partial charge in [0.05, 0.1) is 0 Å². The van der Waals surface area contributed by atoms with E-state index in [1.54, 1.807) is 0 Å². The summed E-state index contributed by atoms with van der Waals surface area (Å²) < 4.78 is 5.51. The van der Waals surface area contributed by atoms with E-state index in [1.165, 1.54) is 4.90 Å². The molecule has 2 aromatic rings. The summed E-state index contributed by atoms with van der Waals surface area (Å²) in [5, 5.41) is 3.00. The summed E-state index contributed by atoms with van der Waals surface area (Å²) in [6.07, 6.45) is 6.25. The van der Waals surface area contributed by atoms with E-state index in [1.807, 2.05) is 73.6 Å². The Labute approximate surface area is 177 Å². The number of nitrogens with one attached hydrogen (secondary N) is 1. The molecule has 6 heteroatoms. The third-order valence-electron chi connectivity index (χ3n) is 5.42. The van der Waals surface area contributed by atoms with Crippen LogP contribution in [-0.4, -0.2) is 44.7 Å². The summed E-state index contributed by atoms with van der Waals surface area (Å²) in [7, 11) is 3.88. The van der Waals surface area contributed by atoms with E-state index in [0.717, 1.165) is 11.3 Å². The fraction of sp³-hybridized carbons (Fsp3) is 0.333. The van der Waals surface area contributed by atoms with Crippen molar-refractivity contribution in [2.75, 3.05) is 37.1 Å². The smallest absolute Gasteiger partial charge is 0.303 e. The molecule has 0 saturated carbocycles. The van der Waals surface area contributed by atoms with E-state index in [-0.39, 0.29) is 5.91 Å². The van der Waals surface area contributed by atoms with Gasteiger partial charge in [-0.2, -0.15) is 0 Å². The number of amides is 2. The summed E-state index contributed by atoms with van der Waals surface area (Å²) in [5.41, 5.74) is 1.47. The van der Waals surface area contributed by atoms with Crippen molar-refractivity contribution < 1.29 is 14.3 Å². The number of anilines is 2. The topological polar surface area (TPSA) is 61.9 Å². The Hall–Kier alpha value is -3.30. The second kappa shape index (κ2) is 9.47. The molecule has 2 amide bonds. The maximum absolute atomic E-state index is 13.5. The first kappa shape index (κ1) is 21.4. The molecule has 0 unspecified atom stereocenters. The molecule has 1 aliphatic rings. The average molecular weight is 405 g/mol. The molecule has 1 heterocycles. The molecule has 1 saturated heterocycles. The van der Waals surface area contributed by atoms with Crippen LogP contribution in [0.5, 0.6) is 0 Å². The van der Waals surface area contributed by atoms with E-state index < -0.39 is 11.4 Å². The maximum Gasteiger partial charge on any atom is 0.303 e. The van der Waals surface area contributed by atoms with Crippen molar-refractivity contribution in [3.8, 4) is 12.3 Å². The molecule has 0 spiro atoms. The van der Waals surface area contributed by atoms with Crippen LogP contribution in [0.15, 0.2) is 54.6 Å². The number of benzene rings is 2. The normalized spacial score (nSPS) is 15.0. The zero-order valence-corrected chi connectivity index (χ0v) is 17.4. The van der Waals surface area contributed by atoms with Crippen LogP contribution in [0.2, 0.25) is 0 Å². The molecular weight excluding hydrogens is 378 g/mol. The van der Waals surface area contributed by atoms with Crippen molar-refractivity contribution in [1.82, 2.24) is 5.32 Å². The van der Waals surface area contributed by atoms with Gasteiger partial charge in [-0.15, -0.1) is 6.42 Å². The number of carbonyl (C=O) groups excluding carboxylic acids is 2. The van der Waals surface area contributed by atoms with Gasteiger partial charge in [-0.1, -0.05) is 30.3 Å². The molecule has 0 aromatic heterocycles. The molecule has 0 radical (unpaired) electrons. The second-order valence-electron chi connectivity index (χ2n) is 7.51. The summed E-state index contributed by atoms with van der Waals surface area (Å²) >= 11 is 0. The Kier molecular flexibility index (Phi) is 6.76. The summed E-state index contributed by atoms with van der Waals surface area (Å²) in [4.78, 5) is 29.8. The van der Waals surface area contributed by atoms with Crippen LogP contribution in [-0.2, 0) is 20.9 Å². The first-order valence-electron chi connectivity index (χ1n) is 9.96. The van der Waals surface area contributed by atoms with E-state index in [2.05, 4.69) is 11.2 Å². The minimum Gasteiger partial charge on any atom is -0.381 e. The largest absolute Gasteiger partial charge is 0.381 e. The molecule has 0 atom stereocenters. The lowest BCUT2D eigenvalue weighted by atomic mass is 9.85. The lowest BCUT2D eigenvalue weighted by molar-refractivity contribution is -0.133. The molecule has 1 N–H and O–H groups in total. The highest BCUT2D eigenvalue weighted by molar-refractivity contribution is 6.11. The molecule has 1 aliphatic heterocycles. The number of rotatable bonds is 6. The number of carbonyl (C=O) groups is 2. The Bertz CT molecular complexity index is 911. The Morgan fingerprint density at radius 1 is 1.03 bits per heavy atom. The molecule has 3 rings (SSSR count). The van der Waals surface area contributed by atoms with Crippen LogP contribution in [0.1, 0.15) is 18.4 Å². The molecule has 30 heavy (non-hydrogen) atoms. The van der Waals surface area contributed by atoms with Crippen LogP contribution >= 0.6 is 0 Å². The van der Waals surface area contributed by atoms with Gasteiger partial charge >= 0.3 is 5.91 Å². The third kappa shape index (κ3) is 4.47. The van der Waals surface area contributed by atoms with Crippen molar-refractivity contribution in [2.24, 2.45) is 0 Å². The number of hydrogen-bond acceptors (Lipinski definition) is 4. The van der Waals surface area contributed by atoms with Crippen molar-refractivity contribution in [3.63, 3.8) is 0 Å². The van der Waals surface area contributed by atoms with Crippen LogP contribution in [0.4, 0.5) is 11.4 Å². The molecule has 0 aliphatic carbocycles. The molecular formula is C24H27N3O3. The van der Waals surface area contributed by atoms with Crippen LogP contribution in [0.25, 0.3) is 0 Å². The summed E-state index contributed by atoms with van der Waals surface area (Å²) in [5.74, 6) is 1.44. The van der Waals surface area contributed by atoms with Crippen molar-refractivity contribution in [2.45, 2.75) is 24.9 Å². The number of nitrogens with zero attached hydrogens (tertiary/aromatic N) is 2. The van der Waals surface area contributed by atoms with Gasteiger partial charge in [0.2, 0.25) is 5.91 Å². The first-order chi connectivity index (χ1) is 14.5. The van der Waals surface area contributed by atoms with Gasteiger partial charge < -0.3 is 15.0 Å². The molecule has 1 fully saturated rings. The fourth-order valence-electron chi connectivity index (χ4n) is 3.73. The summed E-state index contributed by atoms with van der Waals surface area (Å²) in [6.45, 7) is 1.13. The van der Waals surface area contributed by atoms with E-state index in [0.29, 0.717) is 38.3 Å². The highest BCUT2D eigenvalue weighted by Crippen LogP contribution is 2.34. The van der Waals surface area contributed by atoms with Gasteiger partial charge in [0.25, 0.3) is 0 Å². The van der Waals surface area contributed by atoms with Gasteiger partial charge in [-0.3, -0.25) is 14.5 Å². The second-order valence-corrected chi connectivity index (χ2v) is 7.51. The lowest BCUT2D eigenvalue weighted by Crippen LogP contribution is -2.63. The maximum atomic E-state index is 13.5. The zero-order valence-electron chi connectivity index (χ0n) is 17.4. The third-order valence-corrected chi connectivity index (χ3v) is 5.42. The average Bonchev–Trinajstić information content (AvgIpc) is 2.79. The minimum absolute atomic E-state index is 0.227. The lowest BCUT2D eigenvalue weighted by Gasteiger charge is -2.44. The van der Waals surface area contributed by atoms with Gasteiger partial charge in [-0.25, -0.2) is 0 Å². The van der Waals surface area contributed by atoms with Gasteiger partial charge in [0.1, 0.15) is 5.54 Å². The number of terminal acetylenes is 1. The highest BCUT2D eigenvalue weighted by Gasteiger charge is 2.48. The summed E-state index contributed by atoms with van der Waals surface area (Å²) in [6, 6.07) is 17.1. The highest BCUT2D eigenvalue weighted by atomic mass is 16.5. The Balaban J connectivity index is 1.95. The van der Waals surface area contributed by atoms with Gasteiger partial charge in [0.15, 0.2) is 0 Å². The first-order valence-corrected chi connectivity index (χ1v) is 9.96. The SMILES string of the molecule is C#CC(=O)N(c1ccc(N(C)C)cc1)C1(C(=O)NCc2ccccc2)CCOCC1. The molecule has 2 aromatic carbocycles. The van der Waals surface area contributed by atoms with Crippen LogP contribution < -0.4 is 15.1 Å². The van der Waals surface area contributed by atoms with E-state index >= 15 is 0 Å². The Morgan fingerprint density at radius 3 is 2.20 bits per heavy atom. The van der Waals surface area contributed by atoms with Crippen molar-refractivity contribution in [3.05, 3.63) is 60.2 Å². The monoisotopic (exact) mass is 405 g/mol. The minimum atomic E-state index is -1.10. The van der Waals surface area contributed by atoms with Crippen molar-refractivity contribution in [1.29, 1.82) is 0 Å². The van der Waals surface area contributed by atoms with Crippen LogP contribution in [0, 0.1) is 12.3 Å². The Morgan fingerprint density at radius 2 is 1.63 bits per heavy atom. The van der Waals surface area contributed by atoms with E-state index in [9.17, 15) is 9.59 Å². The van der Waals surface area contributed by atoms with Crippen molar-refractivity contribution >= 4 is 23.2 Å². The quantitative estimate of drug-likeness (QED) is 0.751. The standard InChI is InChI=1S/C24H27N3O3/c1-4-22(28)27(21-12-10-20(11-13-21)26(2)3)24(14-16-30-17-15-24)23(29)25-18-19-8-6-5-7-9-19/h1,5-13H,14-18H2,2-3H3,(H,25,29). The molecule has 0 bridgehead atoms. The van der Waals surface area contributed by atoms with Crippen LogP contribution in [0.3, 0.4) is 0 Å². The molecule has 6 nitrogen and oxygen atoms in total. The van der Waals surface area contributed by atoms with Gasteiger partial charge in [-0.05, 0) is 35.7 Å².